The third-order valence-corrected chi connectivity index (χ3v) is 9.40. The Morgan fingerprint density at radius 3 is 1.55 bits per heavy atom. The topological polar surface area (TPSA) is 97.1 Å². The van der Waals surface area contributed by atoms with E-state index in [0.717, 1.165) is 44.9 Å². The number of rotatable bonds is 38. The van der Waals surface area contributed by atoms with Crippen molar-refractivity contribution in [3.05, 3.63) is 83.0 Å². The number of hydrogen-bond donors (Lipinski definition) is 0. The Balaban J connectivity index is 2.23. The number of benzene rings is 1. The normalized spacial score (nSPS) is 12.5. The van der Waals surface area contributed by atoms with Crippen LogP contribution in [-0.2, 0) is 14.2 Å². The highest BCUT2D eigenvalue weighted by Crippen LogP contribution is 2.18. The fraction of sp³-hybridized carbons (Fsp3) is 0.681. The Morgan fingerprint density at radius 1 is 0.600 bits per heavy atom. The van der Waals surface area contributed by atoms with Gasteiger partial charge < -0.3 is 18.9 Å². The van der Waals surface area contributed by atoms with Gasteiger partial charge in [0.2, 0.25) is 0 Å². The largest absolute Gasteiger partial charge is 0.513 e. The summed E-state index contributed by atoms with van der Waals surface area (Å²) in [5, 5.41) is 10.9. The van der Waals surface area contributed by atoms with E-state index in [2.05, 4.69) is 62.5 Å². The summed E-state index contributed by atoms with van der Waals surface area (Å²) in [5.41, 5.74) is -0.0732. The number of non-ortho nitro benzene ring substituents is 1. The molecule has 0 amide bonds. The van der Waals surface area contributed by atoms with Gasteiger partial charge in [-0.15, -0.1) is 0 Å². The zero-order valence-corrected chi connectivity index (χ0v) is 34.8. The minimum Gasteiger partial charge on any atom is -0.434 e. The lowest BCUT2D eigenvalue weighted by Crippen LogP contribution is -2.24. The second-order valence-corrected chi connectivity index (χ2v) is 14.5. The molecule has 8 nitrogen and oxygen atoms in total. The highest BCUT2D eigenvalue weighted by Gasteiger charge is 2.14. The van der Waals surface area contributed by atoms with Crippen LogP contribution in [0.15, 0.2) is 72.9 Å². The van der Waals surface area contributed by atoms with Gasteiger partial charge in [0.05, 0.1) is 24.2 Å². The van der Waals surface area contributed by atoms with E-state index >= 15 is 0 Å². The standard InChI is InChI=1S/C47H77NO7/c1-3-5-7-9-11-13-15-17-19-21-23-25-27-29-31-33-40-52-43-46(39-42-54-47(49)55-45-37-35-44(36-38-45)48(50)51)53-41-34-32-30-28-26-24-22-20-18-16-14-12-10-8-6-4-2/h11-14,17-20,35-38,46H,3-10,15-16,21-34,39-43H2,1-2H3/b13-11-,14-12-,19-17-,20-18-/t46-/m0/s1. The van der Waals surface area contributed by atoms with Gasteiger partial charge in [-0.2, -0.15) is 0 Å². The Bertz CT molecular complexity index is 1140. The van der Waals surface area contributed by atoms with Gasteiger partial charge in [-0.3, -0.25) is 10.1 Å². The van der Waals surface area contributed by atoms with Crippen molar-refractivity contribution >= 4 is 11.8 Å². The van der Waals surface area contributed by atoms with Crippen LogP contribution < -0.4 is 4.74 Å². The van der Waals surface area contributed by atoms with Gasteiger partial charge in [-0.1, -0.05) is 140 Å². The molecule has 312 valence electrons. The number of carbonyl (C=O) groups excluding carboxylic acids is 1. The molecular formula is C47H77NO7. The zero-order valence-electron chi connectivity index (χ0n) is 34.8. The van der Waals surface area contributed by atoms with Crippen LogP contribution >= 0.6 is 0 Å². The molecule has 0 spiro atoms. The van der Waals surface area contributed by atoms with Crippen molar-refractivity contribution in [1.29, 1.82) is 0 Å². The summed E-state index contributed by atoms with van der Waals surface area (Å²) in [6.07, 6.45) is 46.9. The molecule has 0 aliphatic rings. The first kappa shape index (κ1) is 49.8. The second-order valence-electron chi connectivity index (χ2n) is 14.5. The van der Waals surface area contributed by atoms with E-state index < -0.39 is 11.1 Å². The molecular weight excluding hydrogens is 691 g/mol. The molecule has 0 aliphatic carbocycles. The van der Waals surface area contributed by atoms with Crippen LogP contribution in [0, 0.1) is 10.1 Å². The molecule has 0 radical (unpaired) electrons. The van der Waals surface area contributed by atoms with E-state index in [9.17, 15) is 14.9 Å². The van der Waals surface area contributed by atoms with Gasteiger partial charge in [-0.25, -0.2) is 4.79 Å². The first-order chi connectivity index (χ1) is 27.1. The van der Waals surface area contributed by atoms with E-state index in [-0.39, 0.29) is 24.1 Å². The van der Waals surface area contributed by atoms with Gasteiger partial charge in [0.1, 0.15) is 5.75 Å². The van der Waals surface area contributed by atoms with Crippen molar-refractivity contribution in [3.8, 4) is 5.75 Å². The van der Waals surface area contributed by atoms with Crippen molar-refractivity contribution in [1.82, 2.24) is 0 Å². The average Bonchev–Trinajstić information content (AvgIpc) is 3.18. The molecule has 8 heteroatoms. The average molecular weight is 768 g/mol. The van der Waals surface area contributed by atoms with Gasteiger partial charge in [0, 0.05) is 31.8 Å². The molecule has 0 aliphatic heterocycles. The highest BCUT2D eigenvalue weighted by atomic mass is 16.7. The molecule has 1 aromatic rings. The highest BCUT2D eigenvalue weighted by molar-refractivity contribution is 5.63. The van der Waals surface area contributed by atoms with Crippen LogP contribution in [0.1, 0.15) is 174 Å². The molecule has 55 heavy (non-hydrogen) atoms. The predicted octanol–water partition coefficient (Wildman–Crippen LogP) is 14.5. The smallest absolute Gasteiger partial charge is 0.434 e. The summed E-state index contributed by atoms with van der Waals surface area (Å²) in [6, 6.07) is 5.32. The number of ether oxygens (including phenoxy) is 4. The Morgan fingerprint density at radius 2 is 1.05 bits per heavy atom. The third kappa shape index (κ3) is 33.8. The number of nitrogens with zero attached hydrogens (tertiary/aromatic N) is 1. The van der Waals surface area contributed by atoms with Crippen LogP contribution in [0.25, 0.3) is 0 Å². The Hall–Kier alpha value is -3.23. The molecule has 1 rings (SSSR count). The second kappa shape index (κ2) is 39.0. The quantitative estimate of drug-likeness (QED) is 0.0165. The maximum atomic E-state index is 12.2. The first-order valence-corrected chi connectivity index (χ1v) is 21.9. The van der Waals surface area contributed by atoms with Gasteiger partial charge in [-0.05, 0) is 89.2 Å². The summed E-state index contributed by atoms with van der Waals surface area (Å²) >= 11 is 0. The predicted molar refractivity (Wildman–Crippen MR) is 229 cm³/mol. The van der Waals surface area contributed by atoms with Crippen molar-refractivity contribution in [2.75, 3.05) is 26.4 Å². The number of unbranched alkanes of at least 4 members (excludes halogenated alkanes) is 18. The lowest BCUT2D eigenvalue weighted by molar-refractivity contribution is -0.384. The van der Waals surface area contributed by atoms with Crippen molar-refractivity contribution < 1.29 is 28.7 Å². The van der Waals surface area contributed by atoms with Crippen molar-refractivity contribution in [2.45, 2.75) is 180 Å². The van der Waals surface area contributed by atoms with Crippen LogP contribution in [0.4, 0.5) is 10.5 Å². The molecule has 0 unspecified atom stereocenters. The fourth-order valence-electron chi connectivity index (χ4n) is 6.00. The molecule has 0 saturated heterocycles. The molecule has 0 N–H and O–H groups in total. The van der Waals surface area contributed by atoms with Gasteiger partial charge in [0.15, 0.2) is 0 Å². The molecule has 1 atom stereocenters. The maximum absolute atomic E-state index is 12.2. The Kier molecular flexibility index (Phi) is 35.3. The first-order valence-electron chi connectivity index (χ1n) is 21.9. The summed E-state index contributed by atoms with van der Waals surface area (Å²) < 4.78 is 22.6. The SMILES string of the molecule is CCCCC/C=C\C/C=C\CCCCCCCCOC[C@H](CCOC(=O)Oc1ccc([N+](=O)[O-])cc1)OCCCCCCCC/C=C\C/C=C\CCCCC. The van der Waals surface area contributed by atoms with E-state index in [4.69, 9.17) is 18.9 Å². The van der Waals surface area contributed by atoms with Crippen LogP contribution in [0.3, 0.4) is 0 Å². The van der Waals surface area contributed by atoms with E-state index in [1.165, 1.54) is 133 Å². The summed E-state index contributed by atoms with van der Waals surface area (Å²) in [4.78, 5) is 22.6. The number of nitro groups is 1. The summed E-state index contributed by atoms with van der Waals surface area (Å²) in [6.45, 7) is 6.43. The third-order valence-electron chi connectivity index (χ3n) is 9.40. The van der Waals surface area contributed by atoms with Crippen molar-refractivity contribution in [2.24, 2.45) is 0 Å². The molecule has 0 bridgehead atoms. The van der Waals surface area contributed by atoms with Crippen molar-refractivity contribution in [3.63, 3.8) is 0 Å². The van der Waals surface area contributed by atoms with Crippen LogP contribution in [-0.4, -0.2) is 43.6 Å². The zero-order chi connectivity index (χ0) is 39.7. The van der Waals surface area contributed by atoms with E-state index in [0.29, 0.717) is 26.2 Å². The minimum absolute atomic E-state index is 0.0732. The van der Waals surface area contributed by atoms with Crippen LogP contribution in [0.5, 0.6) is 5.75 Å². The fourth-order valence-corrected chi connectivity index (χ4v) is 6.00. The maximum Gasteiger partial charge on any atom is 0.513 e. The Labute approximate surface area is 335 Å². The summed E-state index contributed by atoms with van der Waals surface area (Å²) in [5.74, 6) is 0.192. The molecule has 0 fully saturated rings. The molecule has 1 aromatic carbocycles. The molecule has 0 heterocycles. The lowest BCUT2D eigenvalue weighted by atomic mass is 10.1. The molecule has 0 aromatic heterocycles. The lowest BCUT2D eigenvalue weighted by Gasteiger charge is -2.18. The molecule has 0 saturated carbocycles. The van der Waals surface area contributed by atoms with Crippen LogP contribution in [0.2, 0.25) is 0 Å². The monoisotopic (exact) mass is 768 g/mol. The number of nitro benzene ring substituents is 1. The van der Waals surface area contributed by atoms with Gasteiger partial charge >= 0.3 is 6.16 Å². The minimum atomic E-state index is -0.847. The number of allylic oxidation sites excluding steroid dienone is 8. The van der Waals surface area contributed by atoms with E-state index in [1.807, 2.05) is 0 Å². The number of carbonyl (C=O) groups is 1. The summed E-state index contributed by atoms with van der Waals surface area (Å²) in [7, 11) is 0. The van der Waals surface area contributed by atoms with E-state index in [1.54, 1.807) is 0 Å². The van der Waals surface area contributed by atoms with Gasteiger partial charge in [0.25, 0.3) is 5.69 Å². The number of hydrogen-bond acceptors (Lipinski definition) is 7.